The maximum Gasteiger partial charge on any atom is 0.307 e. The van der Waals surface area contributed by atoms with Gasteiger partial charge in [-0.3, -0.25) is 19.0 Å². The third-order valence-corrected chi connectivity index (χ3v) is 5.57. The van der Waals surface area contributed by atoms with Crippen LogP contribution in [-0.2, 0) is 9.59 Å². The van der Waals surface area contributed by atoms with Crippen molar-refractivity contribution in [3.05, 3.63) is 83.0 Å². The monoisotopic (exact) mass is 452 g/mol. The van der Waals surface area contributed by atoms with E-state index in [1.54, 1.807) is 43.5 Å². The van der Waals surface area contributed by atoms with Gasteiger partial charge in [-0.15, -0.1) is 0 Å². The molecule has 3 atom stereocenters. The van der Waals surface area contributed by atoms with Crippen LogP contribution < -0.4 is 20.3 Å². The summed E-state index contributed by atoms with van der Waals surface area (Å²) in [4.78, 5) is 36.2. The Kier molecular flexibility index (Phi) is 6.12. The van der Waals surface area contributed by atoms with E-state index in [2.05, 4.69) is 5.32 Å². The summed E-state index contributed by atoms with van der Waals surface area (Å²) in [5, 5.41) is 11.9. The number of ether oxygens (including phenoxy) is 2. The summed E-state index contributed by atoms with van der Waals surface area (Å²) >= 11 is 0. The van der Waals surface area contributed by atoms with Crippen LogP contribution in [0.2, 0.25) is 0 Å². The highest BCUT2D eigenvalue weighted by molar-refractivity contribution is 5.99. The van der Waals surface area contributed by atoms with Crippen LogP contribution >= 0.6 is 0 Å². The van der Waals surface area contributed by atoms with E-state index in [0.29, 0.717) is 17.2 Å². The zero-order chi connectivity index (χ0) is 23.5. The molecule has 1 fully saturated rings. The first-order chi connectivity index (χ1) is 15.9. The summed E-state index contributed by atoms with van der Waals surface area (Å²) in [5.74, 6) is -3.61. The van der Waals surface area contributed by atoms with Crippen LogP contribution in [0, 0.1) is 23.6 Å². The van der Waals surface area contributed by atoms with Crippen LogP contribution in [0.3, 0.4) is 0 Å². The summed E-state index contributed by atoms with van der Waals surface area (Å²) in [7, 11) is 1.54. The second kappa shape index (κ2) is 9.15. The van der Waals surface area contributed by atoms with Crippen molar-refractivity contribution >= 4 is 17.6 Å². The standard InChI is InChI=1S/C24H21FN2O6/c1-32-15-6-8-16(9-7-15)33-13-17-21(22(17)24(30)31)23(29)26-19-10-5-14(12-18(19)25)27-11-3-2-4-20(27)28/h2-12,17,21-22H,13H2,1H3,(H,26,29)(H,30,31). The average Bonchev–Trinajstić information content (AvgIpc) is 3.55. The first kappa shape index (κ1) is 22.1. The van der Waals surface area contributed by atoms with Gasteiger partial charge in [0.25, 0.3) is 5.56 Å². The predicted octanol–water partition coefficient (Wildman–Crippen LogP) is 2.95. The molecule has 0 spiro atoms. The molecule has 2 N–H and O–H groups in total. The van der Waals surface area contributed by atoms with Crippen LogP contribution in [0.5, 0.6) is 11.5 Å². The SMILES string of the molecule is COc1ccc(OCC2C(C(=O)O)C2C(=O)Nc2ccc(-n3ccccc3=O)cc2F)cc1. The highest BCUT2D eigenvalue weighted by atomic mass is 19.1. The molecule has 8 nitrogen and oxygen atoms in total. The Hall–Kier alpha value is -4.14. The number of halogens is 1. The minimum Gasteiger partial charge on any atom is -0.497 e. The smallest absolute Gasteiger partial charge is 0.307 e. The van der Waals surface area contributed by atoms with Gasteiger partial charge >= 0.3 is 5.97 Å². The third kappa shape index (κ3) is 4.72. The Balaban J connectivity index is 1.42. The fourth-order valence-corrected chi connectivity index (χ4v) is 3.75. The van der Waals surface area contributed by atoms with Crippen molar-refractivity contribution in [3.63, 3.8) is 0 Å². The molecule has 1 heterocycles. The molecule has 2 aromatic carbocycles. The number of carbonyl (C=O) groups excluding carboxylic acids is 1. The highest BCUT2D eigenvalue weighted by Gasteiger charge is 2.59. The van der Waals surface area contributed by atoms with Gasteiger partial charge in [-0.25, -0.2) is 4.39 Å². The topological polar surface area (TPSA) is 107 Å². The number of aliphatic carboxylic acids is 1. The van der Waals surface area contributed by atoms with Crippen LogP contribution in [-0.4, -0.2) is 35.3 Å². The molecule has 1 amide bonds. The number of carboxylic acid groups (broad SMARTS) is 1. The van der Waals surface area contributed by atoms with Gasteiger partial charge in [0.05, 0.1) is 36.9 Å². The molecule has 4 rings (SSSR count). The van der Waals surface area contributed by atoms with Gasteiger partial charge in [0, 0.05) is 24.2 Å². The Labute approximate surface area is 188 Å². The Morgan fingerprint density at radius 2 is 1.79 bits per heavy atom. The molecule has 1 saturated carbocycles. The Morgan fingerprint density at radius 1 is 1.06 bits per heavy atom. The number of rotatable bonds is 8. The number of aromatic nitrogens is 1. The molecule has 0 bridgehead atoms. The number of amides is 1. The van der Waals surface area contributed by atoms with Crippen molar-refractivity contribution < 1.29 is 28.6 Å². The summed E-state index contributed by atoms with van der Waals surface area (Å²) in [5.41, 5.74) is -0.119. The van der Waals surface area contributed by atoms with Gasteiger partial charge in [0.15, 0.2) is 0 Å². The lowest BCUT2D eigenvalue weighted by molar-refractivity contribution is -0.140. The van der Waals surface area contributed by atoms with E-state index in [1.165, 1.54) is 29.0 Å². The largest absolute Gasteiger partial charge is 0.497 e. The second-order valence-corrected chi connectivity index (χ2v) is 7.60. The molecular formula is C24H21FN2O6. The number of benzene rings is 2. The van der Waals surface area contributed by atoms with E-state index < -0.39 is 35.4 Å². The number of carboxylic acids is 1. The normalized spacial score (nSPS) is 18.9. The molecular weight excluding hydrogens is 431 g/mol. The average molecular weight is 452 g/mol. The van der Waals surface area contributed by atoms with Crippen molar-refractivity contribution in [2.75, 3.05) is 19.0 Å². The highest BCUT2D eigenvalue weighted by Crippen LogP contribution is 2.47. The summed E-state index contributed by atoms with van der Waals surface area (Å²) < 4.78 is 26.6. The van der Waals surface area contributed by atoms with Crippen molar-refractivity contribution in [2.24, 2.45) is 17.8 Å². The van der Waals surface area contributed by atoms with Gasteiger partial charge in [-0.05, 0) is 42.5 Å². The van der Waals surface area contributed by atoms with Crippen molar-refractivity contribution in [2.45, 2.75) is 0 Å². The van der Waals surface area contributed by atoms with E-state index >= 15 is 0 Å². The third-order valence-electron chi connectivity index (χ3n) is 5.57. The van der Waals surface area contributed by atoms with Crippen LogP contribution in [0.15, 0.2) is 71.7 Å². The molecule has 0 radical (unpaired) electrons. The maximum atomic E-state index is 14.6. The van der Waals surface area contributed by atoms with E-state index in [1.807, 2.05) is 0 Å². The predicted molar refractivity (Wildman–Crippen MR) is 117 cm³/mol. The molecule has 170 valence electrons. The van der Waals surface area contributed by atoms with Crippen LogP contribution in [0.4, 0.5) is 10.1 Å². The van der Waals surface area contributed by atoms with Gasteiger partial charge in [-0.1, -0.05) is 6.07 Å². The zero-order valence-corrected chi connectivity index (χ0v) is 17.6. The Bertz CT molecular complexity index is 1240. The number of carbonyl (C=O) groups is 2. The van der Waals surface area contributed by atoms with Gasteiger partial charge in [-0.2, -0.15) is 0 Å². The van der Waals surface area contributed by atoms with E-state index in [9.17, 15) is 23.9 Å². The van der Waals surface area contributed by atoms with Crippen molar-refractivity contribution in [1.29, 1.82) is 0 Å². The molecule has 1 aromatic heterocycles. The molecule has 0 aliphatic heterocycles. The number of hydrogen-bond donors (Lipinski definition) is 2. The summed E-state index contributed by atoms with van der Waals surface area (Å²) in [6.45, 7) is 0.0275. The molecule has 33 heavy (non-hydrogen) atoms. The Morgan fingerprint density at radius 3 is 2.42 bits per heavy atom. The van der Waals surface area contributed by atoms with Gasteiger partial charge in [0.2, 0.25) is 5.91 Å². The fourth-order valence-electron chi connectivity index (χ4n) is 3.75. The number of methoxy groups -OCH3 is 1. The number of anilines is 1. The fraction of sp³-hybridized carbons (Fsp3) is 0.208. The molecule has 3 unspecified atom stereocenters. The van der Waals surface area contributed by atoms with E-state index in [4.69, 9.17) is 9.47 Å². The molecule has 0 saturated heterocycles. The molecule has 1 aliphatic carbocycles. The van der Waals surface area contributed by atoms with Crippen LogP contribution in [0.1, 0.15) is 0 Å². The van der Waals surface area contributed by atoms with Crippen LogP contribution in [0.25, 0.3) is 5.69 Å². The second-order valence-electron chi connectivity index (χ2n) is 7.60. The number of hydrogen-bond acceptors (Lipinski definition) is 5. The molecule has 3 aromatic rings. The quantitative estimate of drug-likeness (QED) is 0.544. The van der Waals surface area contributed by atoms with Gasteiger partial charge < -0.3 is 19.9 Å². The zero-order valence-electron chi connectivity index (χ0n) is 17.6. The summed E-state index contributed by atoms with van der Waals surface area (Å²) in [6.07, 6.45) is 1.50. The molecule has 1 aliphatic rings. The lowest BCUT2D eigenvalue weighted by Gasteiger charge is -2.10. The number of pyridine rings is 1. The van der Waals surface area contributed by atoms with E-state index in [-0.39, 0.29) is 17.9 Å². The van der Waals surface area contributed by atoms with E-state index in [0.717, 1.165) is 6.07 Å². The number of nitrogens with one attached hydrogen (secondary N) is 1. The van der Waals surface area contributed by atoms with Crippen molar-refractivity contribution in [3.8, 4) is 17.2 Å². The van der Waals surface area contributed by atoms with Gasteiger partial charge in [0.1, 0.15) is 17.3 Å². The summed E-state index contributed by atoms with van der Waals surface area (Å²) in [6, 6.07) is 15.3. The molecule has 9 heteroatoms. The van der Waals surface area contributed by atoms with Crippen molar-refractivity contribution in [1.82, 2.24) is 4.57 Å². The minimum atomic E-state index is -1.11. The lowest BCUT2D eigenvalue weighted by atomic mass is 10.2. The lowest BCUT2D eigenvalue weighted by Crippen LogP contribution is -2.19. The maximum absolute atomic E-state index is 14.6. The first-order valence-electron chi connectivity index (χ1n) is 10.2. The minimum absolute atomic E-state index is 0.0275. The number of nitrogens with zero attached hydrogens (tertiary/aromatic N) is 1. The first-order valence-corrected chi connectivity index (χ1v) is 10.2.